The van der Waals surface area contributed by atoms with Crippen molar-refractivity contribution in [3.8, 4) is 17.2 Å². The molecular formula is C22H28F2N2O4. The number of ether oxygens (including phenoxy) is 3. The first kappa shape index (κ1) is 22.3. The molecule has 164 valence electrons. The van der Waals surface area contributed by atoms with E-state index in [1.807, 2.05) is 30.3 Å². The van der Waals surface area contributed by atoms with Crippen molar-refractivity contribution in [3.63, 3.8) is 0 Å². The third-order valence-electron chi connectivity index (χ3n) is 5.18. The van der Waals surface area contributed by atoms with E-state index in [-0.39, 0.29) is 17.9 Å². The second-order valence-corrected chi connectivity index (χ2v) is 7.13. The number of hydrogen-bond acceptors (Lipinski definition) is 6. The number of methoxy groups -OCH3 is 2. The van der Waals surface area contributed by atoms with Gasteiger partial charge in [0.05, 0.1) is 14.2 Å². The van der Waals surface area contributed by atoms with Crippen LogP contribution < -0.4 is 19.5 Å². The topological polar surface area (TPSA) is 63.2 Å². The Bertz CT molecular complexity index is 814. The molecule has 0 saturated carbocycles. The molecule has 2 aromatic carbocycles. The summed E-state index contributed by atoms with van der Waals surface area (Å²) in [6, 6.07) is 11.2. The fraction of sp³-hybridized carbons (Fsp3) is 0.455. The van der Waals surface area contributed by atoms with E-state index < -0.39 is 18.6 Å². The number of aliphatic hydroxyl groups excluding tert-OH is 1. The van der Waals surface area contributed by atoms with Crippen LogP contribution in [-0.4, -0.2) is 62.9 Å². The van der Waals surface area contributed by atoms with Crippen LogP contribution in [-0.2, 0) is 6.61 Å². The van der Waals surface area contributed by atoms with Gasteiger partial charge in [-0.1, -0.05) is 30.3 Å². The molecule has 6 nitrogen and oxygen atoms in total. The van der Waals surface area contributed by atoms with Crippen molar-refractivity contribution >= 4 is 0 Å². The van der Waals surface area contributed by atoms with Gasteiger partial charge in [0.25, 0.3) is 5.92 Å². The Morgan fingerprint density at radius 2 is 1.67 bits per heavy atom. The van der Waals surface area contributed by atoms with E-state index in [2.05, 4.69) is 5.32 Å². The average Bonchev–Trinajstić information content (AvgIpc) is 2.79. The zero-order chi connectivity index (χ0) is 21.6. The molecule has 1 heterocycles. The molecule has 1 aliphatic heterocycles. The van der Waals surface area contributed by atoms with Crippen molar-refractivity contribution in [2.24, 2.45) is 0 Å². The summed E-state index contributed by atoms with van der Waals surface area (Å²) < 4.78 is 46.7. The van der Waals surface area contributed by atoms with Crippen LogP contribution >= 0.6 is 0 Å². The lowest BCUT2D eigenvalue weighted by molar-refractivity contribution is -0.119. The second-order valence-electron chi connectivity index (χ2n) is 7.13. The first-order valence-corrected chi connectivity index (χ1v) is 9.86. The lowest BCUT2D eigenvalue weighted by Gasteiger charge is -2.39. The Labute approximate surface area is 175 Å². The highest BCUT2D eigenvalue weighted by atomic mass is 19.3. The average molecular weight is 422 g/mol. The molecule has 1 atom stereocenters. The summed E-state index contributed by atoms with van der Waals surface area (Å²) >= 11 is 0. The zero-order valence-electron chi connectivity index (χ0n) is 17.2. The van der Waals surface area contributed by atoms with E-state index in [4.69, 9.17) is 14.2 Å². The molecule has 8 heteroatoms. The van der Waals surface area contributed by atoms with Gasteiger partial charge in [-0.15, -0.1) is 0 Å². The summed E-state index contributed by atoms with van der Waals surface area (Å²) in [7, 11) is 2.94. The normalized spacial score (nSPS) is 16.2. The number of alkyl halides is 2. The van der Waals surface area contributed by atoms with E-state index in [9.17, 15) is 5.11 Å². The highest BCUT2D eigenvalue weighted by Gasteiger charge is 2.45. The van der Waals surface area contributed by atoms with Crippen molar-refractivity contribution in [1.29, 1.82) is 0 Å². The number of halogens is 2. The Kier molecular flexibility index (Phi) is 7.47. The third kappa shape index (κ3) is 5.00. The maximum atomic E-state index is 15.0. The molecule has 0 aliphatic carbocycles. The van der Waals surface area contributed by atoms with Gasteiger partial charge in [-0.25, -0.2) is 8.78 Å². The molecule has 0 amide bonds. The van der Waals surface area contributed by atoms with Crippen LogP contribution in [0, 0.1) is 0 Å². The number of aliphatic hydroxyl groups is 1. The smallest absolute Gasteiger partial charge is 0.290 e. The molecule has 0 radical (unpaired) electrons. The highest BCUT2D eigenvalue weighted by Crippen LogP contribution is 2.45. The van der Waals surface area contributed by atoms with Gasteiger partial charge >= 0.3 is 0 Å². The molecule has 30 heavy (non-hydrogen) atoms. The van der Waals surface area contributed by atoms with E-state index in [0.717, 1.165) is 5.56 Å². The summed E-state index contributed by atoms with van der Waals surface area (Å²) in [6.45, 7) is 0.965. The van der Waals surface area contributed by atoms with Crippen LogP contribution in [0.1, 0.15) is 17.2 Å². The number of hydrogen-bond donors (Lipinski definition) is 2. The van der Waals surface area contributed by atoms with E-state index in [0.29, 0.717) is 37.7 Å². The van der Waals surface area contributed by atoms with Crippen LogP contribution in [0.3, 0.4) is 0 Å². The molecule has 0 aromatic heterocycles. The first-order chi connectivity index (χ1) is 14.5. The minimum Gasteiger partial charge on any atom is -0.493 e. The minimum atomic E-state index is -3.37. The van der Waals surface area contributed by atoms with E-state index in [1.165, 1.54) is 20.3 Å². The summed E-state index contributed by atoms with van der Waals surface area (Å²) in [6.07, 6.45) is 0. The summed E-state index contributed by atoms with van der Waals surface area (Å²) in [5.41, 5.74) is 1.16. The van der Waals surface area contributed by atoms with Gasteiger partial charge in [-0.2, -0.15) is 0 Å². The molecule has 1 fully saturated rings. The minimum absolute atomic E-state index is 0.211. The lowest BCUT2D eigenvalue weighted by Crippen LogP contribution is -2.51. The SMILES string of the molecule is COc1cc(OCc2ccccc2)c([C@@H](N2CCNCC2)C(F)(F)CO)cc1OC. The third-order valence-corrected chi connectivity index (χ3v) is 5.18. The zero-order valence-corrected chi connectivity index (χ0v) is 17.2. The monoisotopic (exact) mass is 422 g/mol. The van der Waals surface area contributed by atoms with Crippen LogP contribution in [0.2, 0.25) is 0 Å². The number of nitrogens with zero attached hydrogens (tertiary/aromatic N) is 1. The Balaban J connectivity index is 2.05. The molecule has 3 rings (SSSR count). The largest absolute Gasteiger partial charge is 0.493 e. The van der Waals surface area contributed by atoms with E-state index in [1.54, 1.807) is 11.0 Å². The van der Waals surface area contributed by atoms with Gasteiger partial charge in [0, 0.05) is 37.8 Å². The number of rotatable bonds is 9. The first-order valence-electron chi connectivity index (χ1n) is 9.86. The molecule has 2 N–H and O–H groups in total. The van der Waals surface area contributed by atoms with Crippen molar-refractivity contribution in [2.75, 3.05) is 47.0 Å². The van der Waals surface area contributed by atoms with Crippen LogP contribution in [0.25, 0.3) is 0 Å². The predicted molar refractivity (Wildman–Crippen MR) is 110 cm³/mol. The number of benzene rings is 2. The molecule has 1 saturated heterocycles. The summed E-state index contributed by atoms with van der Waals surface area (Å²) in [4.78, 5) is 1.67. The fourth-order valence-corrected chi connectivity index (χ4v) is 3.67. The van der Waals surface area contributed by atoms with Crippen LogP contribution in [0.5, 0.6) is 17.2 Å². The maximum Gasteiger partial charge on any atom is 0.290 e. The van der Waals surface area contributed by atoms with E-state index >= 15 is 8.78 Å². The standard InChI is InChI=1S/C22H28F2N2O4/c1-28-19-12-17(21(22(23,24)15-27)26-10-8-25-9-11-26)18(13-20(19)29-2)30-14-16-6-4-3-5-7-16/h3-7,12-13,21,25,27H,8-11,14-15H2,1-2H3/t21-/m1/s1. The van der Waals surface area contributed by atoms with Crippen molar-refractivity contribution in [2.45, 2.75) is 18.6 Å². The lowest BCUT2D eigenvalue weighted by atomic mass is 9.96. The second kappa shape index (κ2) is 10.1. The molecule has 0 bridgehead atoms. The fourth-order valence-electron chi connectivity index (χ4n) is 3.67. The van der Waals surface area contributed by atoms with Gasteiger partial charge in [0.2, 0.25) is 0 Å². The molecule has 1 aliphatic rings. The summed E-state index contributed by atoms with van der Waals surface area (Å²) in [5.74, 6) is -2.39. The molecule has 0 spiro atoms. The Morgan fingerprint density at radius 3 is 2.27 bits per heavy atom. The number of nitrogens with one attached hydrogen (secondary N) is 1. The Hall–Kier alpha value is -2.42. The quantitative estimate of drug-likeness (QED) is 0.648. The predicted octanol–water partition coefficient (Wildman–Crippen LogP) is 2.86. The van der Waals surface area contributed by atoms with Crippen molar-refractivity contribution in [1.82, 2.24) is 10.2 Å². The maximum absolute atomic E-state index is 15.0. The Morgan fingerprint density at radius 1 is 1.03 bits per heavy atom. The summed E-state index contributed by atoms with van der Waals surface area (Å²) in [5, 5.41) is 12.7. The van der Waals surface area contributed by atoms with Gasteiger partial charge in [0.1, 0.15) is 25.0 Å². The van der Waals surface area contributed by atoms with Crippen molar-refractivity contribution < 1.29 is 28.1 Å². The van der Waals surface area contributed by atoms with Crippen LogP contribution in [0.15, 0.2) is 42.5 Å². The van der Waals surface area contributed by atoms with Gasteiger partial charge < -0.3 is 24.6 Å². The highest BCUT2D eigenvalue weighted by molar-refractivity contribution is 5.52. The number of piperazine rings is 1. The molecule has 2 aromatic rings. The van der Waals surface area contributed by atoms with Crippen LogP contribution in [0.4, 0.5) is 8.78 Å². The molecular weight excluding hydrogens is 394 g/mol. The van der Waals surface area contributed by atoms with Gasteiger partial charge in [-0.3, -0.25) is 4.90 Å². The van der Waals surface area contributed by atoms with Gasteiger partial charge in [0.15, 0.2) is 11.5 Å². The van der Waals surface area contributed by atoms with Gasteiger partial charge in [-0.05, 0) is 11.6 Å². The molecule has 0 unspecified atom stereocenters. The van der Waals surface area contributed by atoms with Crippen molar-refractivity contribution in [3.05, 3.63) is 53.6 Å².